The van der Waals surface area contributed by atoms with Crippen molar-refractivity contribution in [3.8, 4) is 0 Å². The van der Waals surface area contributed by atoms with Crippen molar-refractivity contribution >= 4 is 23.1 Å². The van der Waals surface area contributed by atoms with Crippen LogP contribution in [0.2, 0.25) is 0 Å². The van der Waals surface area contributed by atoms with Crippen LogP contribution in [0.4, 0.5) is 5.69 Å². The van der Waals surface area contributed by atoms with Gasteiger partial charge in [-0.25, -0.2) is 4.79 Å². The molecule has 0 heterocycles. The van der Waals surface area contributed by atoms with Crippen molar-refractivity contribution in [3.05, 3.63) is 70.8 Å². The first-order valence-corrected chi connectivity index (χ1v) is 7.64. The Bertz CT molecular complexity index is 805. The van der Waals surface area contributed by atoms with Crippen LogP contribution in [0.25, 0.3) is 5.76 Å². The molecule has 0 bridgehead atoms. The SMILES string of the molecule is COC(=O)/C(C(C)=Nc1ccccc1)=C(\O)c1ccc(C)c(C)c1. The molecular weight excluding hydrogens is 302 g/mol. The third kappa shape index (κ3) is 3.90. The number of hydrogen-bond acceptors (Lipinski definition) is 4. The van der Waals surface area contributed by atoms with Crippen LogP contribution in [-0.2, 0) is 9.53 Å². The Hall–Kier alpha value is -2.88. The maximum Gasteiger partial charge on any atom is 0.343 e. The topological polar surface area (TPSA) is 58.9 Å². The number of carbonyl (C=O) groups is 1. The van der Waals surface area contributed by atoms with Crippen LogP contribution in [0.15, 0.2) is 59.1 Å². The summed E-state index contributed by atoms with van der Waals surface area (Å²) in [6.45, 7) is 5.62. The fraction of sp³-hybridized carbons (Fsp3) is 0.200. The number of hydrogen-bond donors (Lipinski definition) is 1. The molecule has 0 atom stereocenters. The largest absolute Gasteiger partial charge is 0.506 e. The summed E-state index contributed by atoms with van der Waals surface area (Å²) in [5, 5.41) is 10.6. The van der Waals surface area contributed by atoms with Crippen molar-refractivity contribution in [2.45, 2.75) is 20.8 Å². The van der Waals surface area contributed by atoms with Gasteiger partial charge < -0.3 is 9.84 Å². The molecule has 2 rings (SSSR count). The average Bonchev–Trinajstić information content (AvgIpc) is 2.58. The molecule has 2 aromatic rings. The van der Waals surface area contributed by atoms with E-state index in [9.17, 15) is 9.90 Å². The highest BCUT2D eigenvalue weighted by atomic mass is 16.5. The minimum absolute atomic E-state index is 0.0598. The zero-order valence-electron chi connectivity index (χ0n) is 14.3. The number of rotatable bonds is 4. The van der Waals surface area contributed by atoms with Crippen LogP contribution in [0.1, 0.15) is 23.6 Å². The predicted octanol–water partition coefficient (Wildman–Crippen LogP) is 4.54. The Balaban J connectivity index is 2.56. The van der Waals surface area contributed by atoms with Gasteiger partial charge in [0.05, 0.1) is 18.5 Å². The first kappa shape index (κ1) is 17.5. The second-order valence-electron chi connectivity index (χ2n) is 5.55. The molecule has 0 amide bonds. The van der Waals surface area contributed by atoms with E-state index in [0.29, 0.717) is 17.0 Å². The highest BCUT2D eigenvalue weighted by Crippen LogP contribution is 2.22. The monoisotopic (exact) mass is 323 g/mol. The van der Waals surface area contributed by atoms with Gasteiger partial charge >= 0.3 is 5.97 Å². The van der Waals surface area contributed by atoms with Crippen molar-refractivity contribution in [1.29, 1.82) is 0 Å². The minimum Gasteiger partial charge on any atom is -0.506 e. The van der Waals surface area contributed by atoms with Crippen molar-refractivity contribution in [1.82, 2.24) is 0 Å². The van der Waals surface area contributed by atoms with Gasteiger partial charge in [0.1, 0.15) is 11.3 Å². The van der Waals surface area contributed by atoms with Gasteiger partial charge in [0.15, 0.2) is 0 Å². The second-order valence-corrected chi connectivity index (χ2v) is 5.55. The molecule has 0 aromatic heterocycles. The van der Waals surface area contributed by atoms with Gasteiger partial charge in [0, 0.05) is 5.56 Å². The molecular formula is C20H21NO3. The molecule has 4 heteroatoms. The number of methoxy groups -OCH3 is 1. The third-order valence-corrected chi connectivity index (χ3v) is 3.82. The van der Waals surface area contributed by atoms with Crippen LogP contribution in [0.5, 0.6) is 0 Å². The summed E-state index contributed by atoms with van der Waals surface area (Å²) in [7, 11) is 1.28. The van der Waals surface area contributed by atoms with Gasteiger partial charge in [-0.05, 0) is 50.1 Å². The van der Waals surface area contributed by atoms with Gasteiger partial charge in [-0.2, -0.15) is 0 Å². The Morgan fingerprint density at radius 1 is 1.04 bits per heavy atom. The molecule has 24 heavy (non-hydrogen) atoms. The van der Waals surface area contributed by atoms with E-state index >= 15 is 0 Å². The molecule has 0 spiro atoms. The smallest absolute Gasteiger partial charge is 0.343 e. The molecule has 0 saturated heterocycles. The summed E-state index contributed by atoms with van der Waals surface area (Å²) in [5.41, 5.74) is 3.85. The van der Waals surface area contributed by atoms with Gasteiger partial charge in [0.25, 0.3) is 0 Å². The van der Waals surface area contributed by atoms with Crippen LogP contribution in [0.3, 0.4) is 0 Å². The van der Waals surface area contributed by atoms with Crippen molar-refractivity contribution in [2.24, 2.45) is 4.99 Å². The Morgan fingerprint density at radius 3 is 2.29 bits per heavy atom. The van der Waals surface area contributed by atoms with E-state index < -0.39 is 5.97 Å². The molecule has 0 saturated carbocycles. The van der Waals surface area contributed by atoms with E-state index in [1.165, 1.54) is 7.11 Å². The molecule has 0 aliphatic heterocycles. The average molecular weight is 323 g/mol. The van der Waals surface area contributed by atoms with Gasteiger partial charge in [-0.1, -0.05) is 30.3 Å². The number of nitrogens with zero attached hydrogens (tertiary/aromatic N) is 1. The second kappa shape index (κ2) is 7.59. The molecule has 0 aliphatic carbocycles. The lowest BCUT2D eigenvalue weighted by molar-refractivity contribution is -0.135. The van der Waals surface area contributed by atoms with Gasteiger partial charge in [-0.15, -0.1) is 0 Å². The first-order chi connectivity index (χ1) is 11.4. The van der Waals surface area contributed by atoms with Crippen LogP contribution < -0.4 is 0 Å². The molecule has 1 N–H and O–H groups in total. The summed E-state index contributed by atoms with van der Waals surface area (Å²) < 4.78 is 4.83. The van der Waals surface area contributed by atoms with Crippen LogP contribution in [-0.4, -0.2) is 23.9 Å². The fourth-order valence-corrected chi connectivity index (χ4v) is 2.30. The van der Waals surface area contributed by atoms with Crippen LogP contribution in [0, 0.1) is 13.8 Å². The lowest BCUT2D eigenvalue weighted by Crippen LogP contribution is -2.14. The number of ether oxygens (including phenoxy) is 1. The van der Waals surface area contributed by atoms with Crippen molar-refractivity contribution < 1.29 is 14.6 Å². The number of aliphatic hydroxyl groups is 1. The standard InChI is InChI=1S/C20H21NO3/c1-13-10-11-16(12-14(13)2)19(22)18(20(23)24-4)15(3)21-17-8-6-5-7-9-17/h5-12,22H,1-4H3/b19-18-,21-15?. The molecule has 0 aliphatic rings. The van der Waals surface area contributed by atoms with E-state index in [0.717, 1.165) is 11.1 Å². The maximum absolute atomic E-state index is 12.2. The van der Waals surface area contributed by atoms with Crippen molar-refractivity contribution in [2.75, 3.05) is 7.11 Å². The summed E-state index contributed by atoms with van der Waals surface area (Å²) in [5.74, 6) is -0.759. The molecule has 2 aromatic carbocycles. The molecule has 124 valence electrons. The molecule has 0 radical (unpaired) electrons. The van der Waals surface area contributed by atoms with E-state index in [-0.39, 0.29) is 11.3 Å². The summed E-state index contributed by atoms with van der Waals surface area (Å²) in [4.78, 5) is 16.6. The lowest BCUT2D eigenvalue weighted by atomic mass is 10.0. The number of aryl methyl sites for hydroxylation is 2. The third-order valence-electron chi connectivity index (χ3n) is 3.82. The summed E-state index contributed by atoms with van der Waals surface area (Å²) in [6.07, 6.45) is 0. The summed E-state index contributed by atoms with van der Waals surface area (Å²) >= 11 is 0. The van der Waals surface area contributed by atoms with E-state index in [4.69, 9.17) is 4.74 Å². The Labute approximate surface area is 142 Å². The minimum atomic E-state index is -0.622. The van der Waals surface area contributed by atoms with Gasteiger partial charge in [-0.3, -0.25) is 4.99 Å². The molecule has 0 unspecified atom stereocenters. The molecule has 0 fully saturated rings. The Morgan fingerprint density at radius 2 is 1.71 bits per heavy atom. The van der Waals surface area contributed by atoms with Crippen LogP contribution >= 0.6 is 0 Å². The van der Waals surface area contributed by atoms with E-state index in [1.54, 1.807) is 13.0 Å². The number of benzene rings is 2. The first-order valence-electron chi connectivity index (χ1n) is 7.64. The van der Waals surface area contributed by atoms with Gasteiger partial charge in [0.2, 0.25) is 0 Å². The zero-order valence-corrected chi connectivity index (χ0v) is 14.3. The maximum atomic E-state index is 12.2. The predicted molar refractivity (Wildman–Crippen MR) is 96.7 cm³/mol. The molecule has 4 nitrogen and oxygen atoms in total. The zero-order chi connectivity index (χ0) is 17.7. The highest BCUT2D eigenvalue weighted by molar-refractivity contribution is 6.23. The van der Waals surface area contributed by atoms with E-state index in [2.05, 4.69) is 4.99 Å². The Kier molecular flexibility index (Phi) is 5.53. The number of aliphatic imine (C=N–C) groups is 1. The lowest BCUT2D eigenvalue weighted by Gasteiger charge is -2.11. The highest BCUT2D eigenvalue weighted by Gasteiger charge is 2.20. The normalized spacial score (nSPS) is 12.6. The number of para-hydroxylation sites is 1. The number of aliphatic hydroxyl groups excluding tert-OH is 1. The summed E-state index contributed by atoms with van der Waals surface area (Å²) in [6, 6.07) is 14.8. The van der Waals surface area contributed by atoms with Crippen molar-refractivity contribution in [3.63, 3.8) is 0 Å². The quantitative estimate of drug-likeness (QED) is 0.389. The fourth-order valence-electron chi connectivity index (χ4n) is 2.30. The van der Waals surface area contributed by atoms with E-state index in [1.807, 2.05) is 56.3 Å². The number of carbonyl (C=O) groups excluding carboxylic acids is 1. The number of esters is 1.